The Morgan fingerprint density at radius 2 is 0.587 bits per heavy atom. The second kappa shape index (κ2) is 12.6. The van der Waals surface area contributed by atoms with Crippen LogP contribution in [0, 0.1) is 27.7 Å². The highest BCUT2D eigenvalue weighted by Crippen LogP contribution is 2.59. The van der Waals surface area contributed by atoms with E-state index >= 15 is 0 Å². The van der Waals surface area contributed by atoms with E-state index in [2.05, 4.69) is 190 Å². The number of benzene rings is 2. The molecule has 0 atom stereocenters. The van der Waals surface area contributed by atoms with Gasteiger partial charge in [0.1, 0.15) is 0 Å². The predicted octanol–water partition coefficient (Wildman–Crippen LogP) is 12.2. The Bertz CT molecular complexity index is 1290. The second-order valence-corrected chi connectivity index (χ2v) is 51.0. The Morgan fingerprint density at radius 3 is 0.739 bits per heavy atom. The van der Waals surface area contributed by atoms with Gasteiger partial charge in [0.15, 0.2) is 0 Å². The summed E-state index contributed by atoms with van der Waals surface area (Å²) in [6.45, 7) is 60.9. The highest BCUT2D eigenvalue weighted by atomic mass is 29.8. The summed E-state index contributed by atoms with van der Waals surface area (Å²) in [5, 5.41) is 4.64. The Labute approximate surface area is 293 Å². The average Bonchev–Trinajstić information content (AvgIpc) is 2.78. The van der Waals surface area contributed by atoms with Crippen molar-refractivity contribution < 1.29 is 0 Å². The molecule has 0 aliphatic rings. The quantitative estimate of drug-likeness (QED) is 0.280. The summed E-state index contributed by atoms with van der Waals surface area (Å²) >= 11 is 0. The Hall–Kier alpha value is -0.692. The van der Waals surface area contributed by atoms with E-state index in [0.717, 1.165) is 0 Å². The molecular formula is C42H76Si4. The summed E-state index contributed by atoms with van der Waals surface area (Å²) in [5.41, 5.74) is 9.45. The van der Waals surface area contributed by atoms with Gasteiger partial charge in [0.2, 0.25) is 0 Å². The summed E-state index contributed by atoms with van der Waals surface area (Å²) < 4.78 is 0. The van der Waals surface area contributed by atoms with Gasteiger partial charge in [-0.15, -0.1) is 0 Å². The van der Waals surface area contributed by atoms with Crippen molar-refractivity contribution in [3.63, 3.8) is 0 Å². The molecule has 0 fully saturated rings. The third kappa shape index (κ3) is 7.26. The van der Waals surface area contributed by atoms with Gasteiger partial charge >= 0.3 is 0 Å². The highest BCUT2D eigenvalue weighted by molar-refractivity contribution is 7.70. The molecule has 0 aliphatic heterocycles. The van der Waals surface area contributed by atoms with E-state index in [-0.39, 0.29) is 31.0 Å². The fourth-order valence-corrected chi connectivity index (χ4v) is 89.2. The molecule has 0 nitrogen and oxygen atoms in total. The lowest BCUT2D eigenvalue weighted by atomic mass is 9.85. The van der Waals surface area contributed by atoms with Crippen molar-refractivity contribution in [2.24, 2.45) is 0 Å². The van der Waals surface area contributed by atoms with Crippen LogP contribution in [0.3, 0.4) is 0 Å². The molecule has 260 valence electrons. The van der Waals surface area contributed by atoms with Crippen molar-refractivity contribution in [3.05, 3.63) is 57.6 Å². The standard InChI is InChI=1S/C42H76Si4/c1-29-25-33(37(5,6)7)26-30(2)35(29)43(36-31(3)27-34(28-32(36)4)38(8,9)10)44(45(23,39(11,12)13)40(14,15)16)46(24,41(17,18)19)42(20,21)22/h25-28H,1-24H3. The maximum absolute atomic E-state index is 2.91. The smallest absolute Gasteiger partial charge is 0.0651 e. The van der Waals surface area contributed by atoms with Gasteiger partial charge in [-0.3, -0.25) is 0 Å². The fraction of sp³-hybridized carbons (Fsp3) is 0.714. The molecule has 0 saturated heterocycles. The van der Waals surface area contributed by atoms with Crippen LogP contribution in [0.1, 0.15) is 158 Å². The van der Waals surface area contributed by atoms with Crippen molar-refractivity contribution >= 4 is 40.4 Å². The molecule has 0 spiro atoms. The molecule has 0 radical (unpaired) electrons. The lowest BCUT2D eigenvalue weighted by molar-refractivity contribution is 0.589. The Balaban J connectivity index is 3.74. The van der Waals surface area contributed by atoms with Gasteiger partial charge < -0.3 is 0 Å². The first-order valence-corrected chi connectivity index (χ1v) is 29.1. The van der Waals surface area contributed by atoms with Crippen molar-refractivity contribution in [1.82, 2.24) is 0 Å². The average molecular weight is 693 g/mol. The Kier molecular flexibility index (Phi) is 11.3. The van der Waals surface area contributed by atoms with Gasteiger partial charge in [-0.25, -0.2) is 0 Å². The number of rotatable bonds is 4. The minimum absolute atomic E-state index is 0.134. The normalized spacial score (nSPS) is 14.5. The minimum atomic E-state index is -2.05. The number of aryl methyl sites for hydroxylation is 4. The molecule has 0 N–H and O–H groups in total. The molecule has 0 amide bonds. The predicted molar refractivity (Wildman–Crippen MR) is 222 cm³/mol. The van der Waals surface area contributed by atoms with Gasteiger partial charge in [0, 0.05) is 0 Å². The molecule has 0 bridgehead atoms. The van der Waals surface area contributed by atoms with Gasteiger partial charge in [0.05, 0.1) is 23.1 Å². The topological polar surface area (TPSA) is 0 Å². The summed E-state index contributed by atoms with van der Waals surface area (Å²) in [6.07, 6.45) is 0. The van der Waals surface area contributed by atoms with Crippen LogP contribution in [0.25, 0.3) is 0 Å². The van der Waals surface area contributed by atoms with E-state index in [9.17, 15) is 0 Å². The monoisotopic (exact) mass is 693 g/mol. The molecule has 0 heterocycles. The SMILES string of the molecule is Cc1cc(C(C)(C)C)cc(C)c1[Si](c1c(C)cc(C(C)(C)C)cc1C)=[Si]([Si](C)(C(C)(C)C)C(C)(C)C)[Si](C)(C(C)(C)C)C(C)(C)C. The largest absolute Gasteiger partial charge is 0.0684 e. The third-order valence-electron chi connectivity index (χ3n) is 12.5. The molecule has 2 aromatic carbocycles. The Morgan fingerprint density at radius 1 is 0.391 bits per heavy atom. The number of hydrogen-bond donors (Lipinski definition) is 0. The van der Waals surface area contributed by atoms with Crippen LogP contribution in [0.2, 0.25) is 33.2 Å². The molecule has 4 heteroatoms. The molecule has 46 heavy (non-hydrogen) atoms. The van der Waals surface area contributed by atoms with Gasteiger partial charge in [0.25, 0.3) is 0 Å². The van der Waals surface area contributed by atoms with Gasteiger partial charge in [-0.2, -0.15) is 0 Å². The summed E-state index contributed by atoms with van der Waals surface area (Å²) in [4.78, 5) is 0. The first kappa shape index (κ1) is 41.5. The van der Waals surface area contributed by atoms with Crippen LogP contribution in [-0.4, -0.2) is 30.0 Å². The zero-order valence-corrected chi connectivity index (χ0v) is 39.3. The minimum Gasteiger partial charge on any atom is -0.0684 e. The van der Waals surface area contributed by atoms with E-state index in [4.69, 9.17) is 0 Å². The van der Waals surface area contributed by atoms with Crippen LogP contribution in [-0.2, 0) is 10.8 Å². The van der Waals surface area contributed by atoms with E-state index in [1.54, 1.807) is 32.6 Å². The molecule has 0 aromatic heterocycles. The molecule has 0 aliphatic carbocycles. The first-order chi connectivity index (χ1) is 20.1. The van der Waals surface area contributed by atoms with Gasteiger partial charge in [-0.05, 0) is 109 Å². The highest BCUT2D eigenvalue weighted by Gasteiger charge is 2.63. The van der Waals surface area contributed by atoms with Crippen LogP contribution >= 0.6 is 0 Å². The van der Waals surface area contributed by atoms with Crippen molar-refractivity contribution in [1.29, 1.82) is 0 Å². The maximum atomic E-state index is 2.91. The van der Waals surface area contributed by atoms with E-state index in [1.165, 1.54) is 11.1 Å². The van der Waals surface area contributed by atoms with E-state index in [1.807, 2.05) is 0 Å². The van der Waals surface area contributed by atoms with Crippen LogP contribution < -0.4 is 10.4 Å². The molecule has 0 saturated carbocycles. The van der Waals surface area contributed by atoms with E-state index < -0.39 is 30.0 Å². The summed E-state index contributed by atoms with van der Waals surface area (Å²) in [7, 11) is -5.30. The van der Waals surface area contributed by atoms with Crippen molar-refractivity contribution in [3.8, 4) is 0 Å². The number of hydrogen-bond acceptors (Lipinski definition) is 0. The zero-order valence-electron chi connectivity index (χ0n) is 35.3. The van der Waals surface area contributed by atoms with Gasteiger partial charge in [-0.1, -0.05) is 162 Å². The molecular weight excluding hydrogens is 617 g/mol. The third-order valence-corrected chi connectivity index (χ3v) is 70.1. The maximum Gasteiger partial charge on any atom is 0.0651 e. The van der Waals surface area contributed by atoms with Crippen LogP contribution in [0.4, 0.5) is 0 Å². The lowest BCUT2D eigenvalue weighted by Crippen LogP contribution is -2.76. The van der Waals surface area contributed by atoms with Crippen LogP contribution in [0.5, 0.6) is 0 Å². The fourth-order valence-electron chi connectivity index (χ4n) is 8.71. The first-order valence-electron chi connectivity index (χ1n) is 18.1. The van der Waals surface area contributed by atoms with Crippen molar-refractivity contribution in [2.45, 2.75) is 196 Å². The summed E-state index contributed by atoms with van der Waals surface area (Å²) in [5.74, 6) is 0. The second-order valence-electron chi connectivity index (χ2n) is 21.5. The molecule has 2 rings (SSSR count). The molecule has 0 unspecified atom stereocenters. The zero-order chi connectivity index (χ0) is 36.6. The lowest BCUT2D eigenvalue weighted by Gasteiger charge is -2.62. The van der Waals surface area contributed by atoms with Crippen LogP contribution in [0.15, 0.2) is 24.3 Å². The molecule has 2 aromatic rings. The van der Waals surface area contributed by atoms with Crippen molar-refractivity contribution in [2.75, 3.05) is 0 Å². The van der Waals surface area contributed by atoms with E-state index in [0.29, 0.717) is 0 Å². The summed E-state index contributed by atoms with van der Waals surface area (Å²) in [6, 6.07) is 10.4.